The largest absolute Gasteiger partial charge is 0.309 e. The van der Waals surface area contributed by atoms with Gasteiger partial charge in [0.25, 0.3) is 0 Å². The van der Waals surface area contributed by atoms with Crippen LogP contribution in [-0.2, 0) is 0 Å². The Bertz CT molecular complexity index is 2760. The predicted octanol–water partition coefficient (Wildman–Crippen LogP) is 12.1. The van der Waals surface area contributed by atoms with Crippen molar-refractivity contribution < 1.29 is 0 Å². The van der Waals surface area contributed by atoms with Crippen LogP contribution in [0.5, 0.6) is 0 Å². The molecule has 0 atom stereocenters. The molecule has 0 N–H and O–H groups in total. The highest BCUT2D eigenvalue weighted by molar-refractivity contribution is 7.25. The van der Waals surface area contributed by atoms with Crippen LogP contribution in [0.15, 0.2) is 164 Å². The third-order valence-electron chi connectivity index (χ3n) is 9.40. The first-order chi connectivity index (χ1) is 23.8. The second-order valence-electron chi connectivity index (χ2n) is 12.2. The maximum atomic E-state index is 5.06. The van der Waals surface area contributed by atoms with Crippen LogP contribution in [0.1, 0.15) is 0 Å². The summed E-state index contributed by atoms with van der Waals surface area (Å²) in [6, 6.07) is 58.3. The third-order valence-corrected chi connectivity index (χ3v) is 10.5. The van der Waals surface area contributed by atoms with E-state index in [0.29, 0.717) is 5.82 Å². The molecule has 0 spiro atoms. The van der Waals surface area contributed by atoms with Gasteiger partial charge in [0.2, 0.25) is 0 Å². The predicted molar refractivity (Wildman–Crippen MR) is 203 cm³/mol. The quantitative estimate of drug-likeness (QED) is 0.194. The van der Waals surface area contributed by atoms with Crippen LogP contribution in [0.2, 0.25) is 0 Å². The van der Waals surface area contributed by atoms with Crippen LogP contribution >= 0.6 is 11.3 Å². The molecule has 224 valence electrons. The summed E-state index contributed by atoms with van der Waals surface area (Å²) in [4.78, 5) is 10.1. The van der Waals surface area contributed by atoms with Gasteiger partial charge in [-0.25, -0.2) is 9.97 Å². The van der Waals surface area contributed by atoms with Gasteiger partial charge in [-0.15, -0.1) is 11.3 Å². The Morgan fingerprint density at radius 2 is 1.06 bits per heavy atom. The Morgan fingerprint density at radius 3 is 1.79 bits per heavy atom. The Hall–Kier alpha value is -6.10. The van der Waals surface area contributed by atoms with E-state index in [1.54, 1.807) is 0 Å². The fraction of sp³-hybridized carbons (Fsp3) is 0. The molecule has 0 aliphatic carbocycles. The number of hydrogen-bond acceptors (Lipinski definition) is 3. The highest BCUT2D eigenvalue weighted by Gasteiger charge is 2.17. The van der Waals surface area contributed by atoms with Crippen LogP contribution in [0.4, 0.5) is 0 Å². The average molecular weight is 630 g/mol. The van der Waals surface area contributed by atoms with Crippen molar-refractivity contribution in [1.82, 2.24) is 14.5 Å². The molecule has 4 heteroatoms. The van der Waals surface area contributed by atoms with Crippen molar-refractivity contribution in [2.45, 2.75) is 0 Å². The van der Waals surface area contributed by atoms with Crippen LogP contribution in [0.3, 0.4) is 0 Å². The standard InChI is InChI=1S/C44H27N3S/c1-3-11-28(12-4-1)38-27-39(29-13-5-2-6-14-29)46-44(45-38)30-19-22-32(23-20-30)47-40-17-9-7-15-33(40)35-24-21-31-25-37-34-16-8-10-18-41(34)48-42(37)26-36(31)43(35)47/h1-27H. The molecule has 0 saturated carbocycles. The second kappa shape index (κ2) is 10.7. The zero-order chi connectivity index (χ0) is 31.6. The maximum absolute atomic E-state index is 5.06. The summed E-state index contributed by atoms with van der Waals surface area (Å²) in [6.45, 7) is 0. The number of rotatable bonds is 4. The van der Waals surface area contributed by atoms with Crippen molar-refractivity contribution in [2.75, 3.05) is 0 Å². The lowest BCUT2D eigenvalue weighted by Gasteiger charge is -2.12. The summed E-state index contributed by atoms with van der Waals surface area (Å²) in [5.41, 5.74) is 8.46. The van der Waals surface area contributed by atoms with Gasteiger partial charge in [0.1, 0.15) is 0 Å². The molecule has 0 radical (unpaired) electrons. The topological polar surface area (TPSA) is 30.7 Å². The van der Waals surface area contributed by atoms with E-state index < -0.39 is 0 Å². The monoisotopic (exact) mass is 629 g/mol. The fourth-order valence-electron chi connectivity index (χ4n) is 7.12. The zero-order valence-electron chi connectivity index (χ0n) is 25.8. The van der Waals surface area contributed by atoms with Crippen molar-refractivity contribution in [3.05, 3.63) is 164 Å². The maximum Gasteiger partial charge on any atom is 0.160 e. The molecule has 3 heterocycles. The number of hydrogen-bond donors (Lipinski definition) is 0. The molecule has 0 aliphatic rings. The molecule has 3 nitrogen and oxygen atoms in total. The SMILES string of the molecule is c1ccc(-c2cc(-c3ccccc3)nc(-c3ccc(-n4c5ccccc5c5ccc6cc7c(cc6c54)sc4ccccc47)cc3)n2)cc1. The van der Waals surface area contributed by atoms with E-state index in [4.69, 9.17) is 9.97 Å². The fourth-order valence-corrected chi connectivity index (χ4v) is 8.25. The van der Waals surface area contributed by atoms with Crippen molar-refractivity contribution in [3.63, 3.8) is 0 Å². The minimum atomic E-state index is 0.710. The number of benzene rings is 7. The lowest BCUT2D eigenvalue weighted by Crippen LogP contribution is -1.97. The Balaban J connectivity index is 1.17. The number of para-hydroxylation sites is 1. The minimum absolute atomic E-state index is 0.710. The van der Waals surface area contributed by atoms with Crippen molar-refractivity contribution in [2.24, 2.45) is 0 Å². The van der Waals surface area contributed by atoms with E-state index in [1.807, 2.05) is 23.5 Å². The Morgan fingerprint density at radius 1 is 0.417 bits per heavy atom. The lowest BCUT2D eigenvalue weighted by molar-refractivity contribution is 1.17. The summed E-state index contributed by atoms with van der Waals surface area (Å²) in [5.74, 6) is 0.710. The molecule has 7 aromatic carbocycles. The van der Waals surface area contributed by atoms with Crippen LogP contribution in [0.25, 0.3) is 92.3 Å². The van der Waals surface area contributed by atoms with E-state index >= 15 is 0 Å². The number of nitrogens with zero attached hydrogens (tertiary/aromatic N) is 3. The molecule has 48 heavy (non-hydrogen) atoms. The van der Waals surface area contributed by atoms with Gasteiger partial charge < -0.3 is 4.57 Å². The molecular weight excluding hydrogens is 603 g/mol. The molecule has 10 aromatic rings. The number of fused-ring (bicyclic) bond motifs is 8. The molecule has 10 rings (SSSR count). The van der Waals surface area contributed by atoms with E-state index in [9.17, 15) is 0 Å². The first-order valence-electron chi connectivity index (χ1n) is 16.2. The molecule has 0 amide bonds. The number of aromatic nitrogens is 3. The average Bonchev–Trinajstić information content (AvgIpc) is 3.70. The van der Waals surface area contributed by atoms with Crippen LogP contribution < -0.4 is 0 Å². The third kappa shape index (κ3) is 4.27. The van der Waals surface area contributed by atoms with Crippen LogP contribution in [0, 0.1) is 0 Å². The van der Waals surface area contributed by atoms with E-state index in [1.165, 1.54) is 52.8 Å². The van der Waals surface area contributed by atoms with Crippen molar-refractivity contribution in [1.29, 1.82) is 0 Å². The van der Waals surface area contributed by atoms with Gasteiger partial charge in [0.05, 0.1) is 22.4 Å². The first kappa shape index (κ1) is 27.1. The van der Waals surface area contributed by atoms with Gasteiger partial charge in [0, 0.05) is 58.7 Å². The first-order valence-corrected chi connectivity index (χ1v) is 17.0. The highest BCUT2D eigenvalue weighted by Crippen LogP contribution is 2.41. The molecule has 3 aromatic heterocycles. The molecule has 0 aliphatic heterocycles. The summed E-state index contributed by atoms with van der Waals surface area (Å²) in [5, 5.41) is 7.67. The summed E-state index contributed by atoms with van der Waals surface area (Å²) >= 11 is 1.87. The Labute approximate surface area is 281 Å². The number of thiophene rings is 1. The van der Waals surface area contributed by atoms with Crippen molar-refractivity contribution >= 4 is 64.1 Å². The van der Waals surface area contributed by atoms with Crippen LogP contribution in [-0.4, -0.2) is 14.5 Å². The molecular formula is C44H27N3S. The molecule has 0 saturated heterocycles. The summed E-state index contributed by atoms with van der Waals surface area (Å²) in [6.07, 6.45) is 0. The molecule has 0 bridgehead atoms. The van der Waals surface area contributed by atoms with Gasteiger partial charge in [-0.1, -0.05) is 109 Å². The smallest absolute Gasteiger partial charge is 0.160 e. The minimum Gasteiger partial charge on any atom is -0.309 e. The van der Waals surface area contributed by atoms with E-state index in [0.717, 1.165) is 33.8 Å². The van der Waals surface area contributed by atoms with Gasteiger partial charge in [-0.3, -0.25) is 0 Å². The summed E-state index contributed by atoms with van der Waals surface area (Å²) in [7, 11) is 0. The van der Waals surface area contributed by atoms with E-state index in [2.05, 4.69) is 156 Å². The molecule has 0 fully saturated rings. The van der Waals surface area contributed by atoms with E-state index in [-0.39, 0.29) is 0 Å². The normalized spacial score (nSPS) is 11.8. The second-order valence-corrected chi connectivity index (χ2v) is 13.3. The lowest BCUT2D eigenvalue weighted by atomic mass is 10.0. The zero-order valence-corrected chi connectivity index (χ0v) is 26.7. The van der Waals surface area contributed by atoms with Gasteiger partial charge in [0.15, 0.2) is 5.82 Å². The Kier molecular flexibility index (Phi) is 6.05. The van der Waals surface area contributed by atoms with Crippen molar-refractivity contribution in [3.8, 4) is 39.6 Å². The molecule has 0 unspecified atom stereocenters. The van der Waals surface area contributed by atoms with Gasteiger partial charge in [-0.2, -0.15) is 0 Å². The summed E-state index contributed by atoms with van der Waals surface area (Å²) < 4.78 is 5.06. The highest BCUT2D eigenvalue weighted by atomic mass is 32.1. The van der Waals surface area contributed by atoms with Gasteiger partial charge >= 0.3 is 0 Å². The van der Waals surface area contributed by atoms with Gasteiger partial charge in [-0.05, 0) is 60.0 Å².